The summed E-state index contributed by atoms with van der Waals surface area (Å²) in [5.41, 5.74) is 1.11. The van der Waals surface area contributed by atoms with Crippen molar-refractivity contribution in [2.24, 2.45) is 0 Å². The Hall–Kier alpha value is -0.970. The van der Waals surface area contributed by atoms with Crippen molar-refractivity contribution in [3.8, 4) is 0 Å². The Morgan fingerprint density at radius 3 is 2.37 bits per heavy atom. The van der Waals surface area contributed by atoms with Crippen LogP contribution in [0, 0.1) is 0 Å². The summed E-state index contributed by atoms with van der Waals surface area (Å²) in [6.45, 7) is 6.27. The number of halogens is 1. The van der Waals surface area contributed by atoms with Gasteiger partial charge in [-0.3, -0.25) is 4.90 Å². The maximum absolute atomic E-state index is 13.1. The molecule has 2 aromatic rings. The first-order valence-electron chi connectivity index (χ1n) is 9.90. The molecule has 1 aliphatic heterocycles. The van der Waals surface area contributed by atoms with Crippen LogP contribution in [0.1, 0.15) is 25.5 Å². The van der Waals surface area contributed by atoms with E-state index in [9.17, 15) is 16.8 Å². The van der Waals surface area contributed by atoms with Crippen molar-refractivity contribution in [1.29, 1.82) is 0 Å². The monoisotopic (exact) mass is 490 g/mol. The Kier molecular flexibility index (Phi) is 7.63. The van der Waals surface area contributed by atoms with E-state index < -0.39 is 31.0 Å². The van der Waals surface area contributed by atoms with E-state index in [2.05, 4.69) is 24.1 Å². The second-order valence-corrected chi connectivity index (χ2v) is 13.6. The zero-order chi connectivity index (χ0) is 21.9. The maximum Gasteiger partial charge on any atom is 0.193 e. The summed E-state index contributed by atoms with van der Waals surface area (Å²) in [6, 6.07) is 12.3. The van der Waals surface area contributed by atoms with E-state index in [0.717, 1.165) is 30.0 Å². The molecular weight excluding hydrogens is 464 g/mol. The Morgan fingerprint density at radius 1 is 1.13 bits per heavy atom. The van der Waals surface area contributed by atoms with Crippen LogP contribution < -0.4 is 5.32 Å². The summed E-state index contributed by atoms with van der Waals surface area (Å²) in [5.74, 6) is -0.556. The van der Waals surface area contributed by atoms with Crippen LogP contribution in [-0.4, -0.2) is 64.2 Å². The minimum absolute atomic E-state index is 0.0176. The fourth-order valence-corrected chi connectivity index (χ4v) is 10.4. The molecule has 1 fully saturated rings. The Labute approximate surface area is 188 Å². The van der Waals surface area contributed by atoms with Crippen LogP contribution in [0.5, 0.6) is 0 Å². The topological polar surface area (TPSA) is 83.6 Å². The molecule has 0 spiro atoms. The van der Waals surface area contributed by atoms with Crippen LogP contribution in [0.15, 0.2) is 46.7 Å². The molecule has 30 heavy (non-hydrogen) atoms. The number of nitrogens with one attached hydrogen (secondary N) is 1. The highest BCUT2D eigenvalue weighted by Crippen LogP contribution is 2.32. The smallest absolute Gasteiger partial charge is 0.193 e. The van der Waals surface area contributed by atoms with Gasteiger partial charge in [-0.2, -0.15) is 0 Å². The molecule has 0 amide bonds. The number of rotatable bonds is 9. The molecule has 1 aromatic carbocycles. The minimum atomic E-state index is -3.80. The lowest BCUT2D eigenvalue weighted by molar-refractivity contribution is 0.209. The first kappa shape index (κ1) is 23.7. The molecule has 1 N–H and O–H groups in total. The summed E-state index contributed by atoms with van der Waals surface area (Å²) in [6.07, 6.45) is 0. The van der Waals surface area contributed by atoms with Crippen LogP contribution in [-0.2, 0) is 19.7 Å². The van der Waals surface area contributed by atoms with Crippen LogP contribution >= 0.6 is 22.9 Å². The van der Waals surface area contributed by atoms with Crippen LogP contribution in [0.25, 0.3) is 0 Å². The molecular formula is C20H27ClN2O4S3. The lowest BCUT2D eigenvalue weighted by Gasteiger charge is -2.32. The van der Waals surface area contributed by atoms with E-state index >= 15 is 0 Å². The highest BCUT2D eigenvalue weighted by molar-refractivity contribution is 7.97. The number of likely N-dealkylation sites (N-methyl/N-ethyl adjacent to an activating group) is 1. The highest BCUT2D eigenvalue weighted by atomic mass is 35.5. The van der Waals surface area contributed by atoms with Gasteiger partial charge in [0.05, 0.1) is 21.1 Å². The van der Waals surface area contributed by atoms with Gasteiger partial charge in [0.1, 0.15) is 4.21 Å². The van der Waals surface area contributed by atoms with Crippen molar-refractivity contribution in [2.75, 3.05) is 31.1 Å². The number of sulfone groups is 2. The molecule has 3 atom stereocenters. The second kappa shape index (κ2) is 9.67. The SMILES string of the molecule is CCN(CC)C(CN[C@H]1CS(=O)(=O)C[C@@H]1S(=O)(=O)c1ccc(Cl)s1)c1ccccc1. The molecule has 6 nitrogen and oxygen atoms in total. The average Bonchev–Trinajstić information content (AvgIpc) is 3.29. The van der Waals surface area contributed by atoms with Gasteiger partial charge in [-0.15, -0.1) is 11.3 Å². The first-order chi connectivity index (χ1) is 14.2. The molecule has 1 aliphatic rings. The van der Waals surface area contributed by atoms with Crippen molar-refractivity contribution in [3.05, 3.63) is 52.4 Å². The lowest BCUT2D eigenvalue weighted by Crippen LogP contribution is -2.46. The van der Waals surface area contributed by atoms with Gasteiger partial charge >= 0.3 is 0 Å². The fraction of sp³-hybridized carbons (Fsp3) is 0.500. The Morgan fingerprint density at radius 2 is 1.80 bits per heavy atom. The summed E-state index contributed by atoms with van der Waals surface area (Å²) < 4.78 is 51.5. The van der Waals surface area contributed by atoms with Gasteiger partial charge in [0.2, 0.25) is 0 Å². The predicted molar refractivity (Wildman–Crippen MR) is 123 cm³/mol. The van der Waals surface area contributed by atoms with Gasteiger partial charge < -0.3 is 5.32 Å². The third-order valence-corrected chi connectivity index (χ3v) is 11.4. The average molecular weight is 491 g/mol. The van der Waals surface area contributed by atoms with E-state index in [1.54, 1.807) is 0 Å². The van der Waals surface area contributed by atoms with Gasteiger partial charge in [-0.1, -0.05) is 55.8 Å². The number of nitrogens with zero attached hydrogens (tertiary/aromatic N) is 1. The number of thiophene rings is 1. The van der Waals surface area contributed by atoms with E-state index in [4.69, 9.17) is 11.6 Å². The molecule has 166 valence electrons. The van der Waals surface area contributed by atoms with Crippen molar-refractivity contribution < 1.29 is 16.8 Å². The molecule has 2 heterocycles. The zero-order valence-electron chi connectivity index (χ0n) is 17.0. The van der Waals surface area contributed by atoms with Gasteiger partial charge in [0.25, 0.3) is 0 Å². The summed E-state index contributed by atoms with van der Waals surface area (Å²) in [5, 5.41) is 2.27. The van der Waals surface area contributed by atoms with Crippen molar-refractivity contribution >= 4 is 42.6 Å². The molecule has 0 aliphatic carbocycles. The van der Waals surface area contributed by atoms with E-state index in [1.807, 2.05) is 30.3 Å². The third-order valence-electron chi connectivity index (χ3n) is 5.54. The van der Waals surface area contributed by atoms with Gasteiger partial charge in [0.15, 0.2) is 19.7 Å². The van der Waals surface area contributed by atoms with Gasteiger partial charge in [-0.25, -0.2) is 16.8 Å². The van der Waals surface area contributed by atoms with E-state index in [0.29, 0.717) is 10.9 Å². The largest absolute Gasteiger partial charge is 0.310 e. The maximum atomic E-state index is 13.1. The Balaban J connectivity index is 1.85. The Bertz CT molecular complexity index is 1050. The van der Waals surface area contributed by atoms with Crippen LogP contribution in [0.4, 0.5) is 0 Å². The highest BCUT2D eigenvalue weighted by Gasteiger charge is 2.46. The van der Waals surface area contributed by atoms with Gasteiger partial charge in [0, 0.05) is 18.6 Å². The fourth-order valence-electron chi connectivity index (χ4n) is 3.97. The molecule has 0 saturated carbocycles. The molecule has 3 rings (SSSR count). The van der Waals surface area contributed by atoms with Gasteiger partial charge in [-0.05, 0) is 30.8 Å². The predicted octanol–water partition coefficient (Wildman–Crippen LogP) is 3.01. The molecule has 0 radical (unpaired) electrons. The second-order valence-electron chi connectivity index (χ2n) is 7.38. The molecule has 1 aromatic heterocycles. The van der Waals surface area contributed by atoms with Crippen LogP contribution in [0.3, 0.4) is 0 Å². The zero-order valence-corrected chi connectivity index (χ0v) is 20.2. The molecule has 1 unspecified atom stereocenters. The van der Waals surface area contributed by atoms with E-state index in [1.165, 1.54) is 12.1 Å². The number of hydrogen-bond acceptors (Lipinski definition) is 7. The summed E-state index contributed by atoms with van der Waals surface area (Å²) in [7, 11) is -7.26. The minimum Gasteiger partial charge on any atom is -0.310 e. The number of hydrogen-bond donors (Lipinski definition) is 1. The quantitative estimate of drug-likeness (QED) is 0.581. The summed E-state index contributed by atoms with van der Waals surface area (Å²) >= 11 is 6.88. The first-order valence-corrected chi connectivity index (χ1v) is 14.5. The third kappa shape index (κ3) is 5.26. The van der Waals surface area contributed by atoms with Crippen molar-refractivity contribution in [2.45, 2.75) is 35.4 Å². The lowest BCUT2D eigenvalue weighted by atomic mass is 10.0. The standard InChI is InChI=1S/C20H27ClN2O4S3/c1-3-23(4-2)17(15-8-6-5-7-9-15)12-22-16-13-29(24,25)14-18(16)30(26,27)20-11-10-19(21)28-20/h5-11,16-18,22H,3-4,12-14H2,1-2H3/t16-,17?,18-/m0/s1. The van der Waals surface area contributed by atoms with Crippen LogP contribution in [0.2, 0.25) is 4.34 Å². The number of benzene rings is 1. The summed E-state index contributed by atoms with van der Waals surface area (Å²) in [4.78, 5) is 2.27. The normalized spacial score (nSPS) is 22.4. The van der Waals surface area contributed by atoms with E-state index in [-0.39, 0.29) is 21.8 Å². The molecule has 0 bridgehead atoms. The van der Waals surface area contributed by atoms with Crippen molar-refractivity contribution in [3.63, 3.8) is 0 Å². The molecule has 10 heteroatoms. The van der Waals surface area contributed by atoms with Crippen molar-refractivity contribution in [1.82, 2.24) is 10.2 Å². The molecule has 1 saturated heterocycles.